The van der Waals surface area contributed by atoms with Crippen molar-refractivity contribution in [2.75, 3.05) is 44.7 Å². The van der Waals surface area contributed by atoms with Gasteiger partial charge in [0.1, 0.15) is 17.6 Å². The zero-order valence-electron chi connectivity index (χ0n) is 22.0. The lowest BCUT2D eigenvalue weighted by Gasteiger charge is -2.35. The average molecular weight is 543 g/mol. The lowest BCUT2D eigenvalue weighted by molar-refractivity contribution is -0.138. The lowest BCUT2D eigenvalue weighted by Crippen LogP contribution is -2.56. The molecule has 1 aliphatic heterocycles. The molecular weight excluding hydrogens is 508 g/mol. The van der Waals surface area contributed by atoms with Crippen LogP contribution >= 0.6 is 0 Å². The smallest absolute Gasteiger partial charge is 0.409 e. The molecule has 0 bridgehead atoms. The number of aromatic nitrogens is 2. The second-order valence-corrected chi connectivity index (χ2v) is 9.03. The quantitative estimate of drug-likeness (QED) is 0.323. The standard InChI is InChI=1S/C26H34N6O7/c1-3-39-26(38)32-13-11-31(12-14-32)25(37)19(9-10-22(34)35)29-24(36)20-15-21(27-17(2)16-33)30-23(28-20)18-7-5-4-6-8-18/h4-8,15,17,19,33H,3,9-14,16H2,1-2H3,(H,29,36)(H,34,35)(H,27,28,30)/t17-,19?/m0/s1. The van der Waals surface area contributed by atoms with E-state index < -0.39 is 29.9 Å². The number of anilines is 1. The number of benzene rings is 1. The molecule has 3 amide bonds. The van der Waals surface area contributed by atoms with Gasteiger partial charge in [0.05, 0.1) is 13.2 Å². The fraction of sp³-hybridized carbons (Fsp3) is 0.462. The molecule has 39 heavy (non-hydrogen) atoms. The predicted octanol–water partition coefficient (Wildman–Crippen LogP) is 1.20. The first-order valence-electron chi connectivity index (χ1n) is 12.8. The summed E-state index contributed by atoms with van der Waals surface area (Å²) in [4.78, 5) is 61.7. The van der Waals surface area contributed by atoms with Crippen molar-refractivity contribution in [1.82, 2.24) is 25.1 Å². The Labute approximate surface area is 226 Å². The topological polar surface area (TPSA) is 174 Å². The highest BCUT2D eigenvalue weighted by molar-refractivity contribution is 5.97. The Morgan fingerprint density at radius 1 is 1.05 bits per heavy atom. The van der Waals surface area contributed by atoms with Gasteiger partial charge in [-0.15, -0.1) is 0 Å². The number of carbonyl (C=O) groups is 4. The number of amides is 3. The summed E-state index contributed by atoms with van der Waals surface area (Å²) in [6, 6.07) is 8.94. The minimum Gasteiger partial charge on any atom is -0.481 e. The van der Waals surface area contributed by atoms with Crippen molar-refractivity contribution >= 4 is 29.7 Å². The number of hydrogen-bond donors (Lipinski definition) is 4. The summed E-state index contributed by atoms with van der Waals surface area (Å²) >= 11 is 0. The van der Waals surface area contributed by atoms with Gasteiger partial charge in [-0.3, -0.25) is 14.4 Å². The van der Waals surface area contributed by atoms with Gasteiger partial charge >= 0.3 is 12.1 Å². The molecule has 1 fully saturated rings. The third-order valence-electron chi connectivity index (χ3n) is 6.03. The van der Waals surface area contributed by atoms with E-state index in [9.17, 15) is 29.4 Å². The molecule has 1 aliphatic rings. The average Bonchev–Trinajstić information content (AvgIpc) is 2.95. The van der Waals surface area contributed by atoms with Gasteiger partial charge in [-0.1, -0.05) is 30.3 Å². The second kappa shape index (κ2) is 14.0. The number of ether oxygens (including phenoxy) is 1. The Kier molecular flexibility index (Phi) is 10.6. The van der Waals surface area contributed by atoms with E-state index in [-0.39, 0.29) is 69.8 Å². The van der Waals surface area contributed by atoms with Crippen LogP contribution in [0.15, 0.2) is 36.4 Å². The van der Waals surface area contributed by atoms with E-state index in [2.05, 4.69) is 20.6 Å². The van der Waals surface area contributed by atoms with Gasteiger partial charge in [0.15, 0.2) is 5.82 Å². The molecule has 13 nitrogen and oxygen atoms in total. The van der Waals surface area contributed by atoms with Crippen molar-refractivity contribution in [1.29, 1.82) is 0 Å². The van der Waals surface area contributed by atoms with Crippen molar-refractivity contribution < 1.29 is 34.1 Å². The molecule has 2 heterocycles. The fourth-order valence-corrected chi connectivity index (χ4v) is 3.95. The van der Waals surface area contributed by atoms with Gasteiger partial charge in [-0.2, -0.15) is 0 Å². The number of piperazine rings is 1. The van der Waals surface area contributed by atoms with Crippen LogP contribution in [0, 0.1) is 0 Å². The van der Waals surface area contributed by atoms with Crippen LogP contribution in [0.1, 0.15) is 37.2 Å². The van der Waals surface area contributed by atoms with E-state index in [0.717, 1.165) is 0 Å². The van der Waals surface area contributed by atoms with Crippen LogP contribution in [0.25, 0.3) is 11.4 Å². The van der Waals surface area contributed by atoms with Crippen LogP contribution in [-0.2, 0) is 14.3 Å². The number of aliphatic hydroxyl groups excluding tert-OH is 1. The van der Waals surface area contributed by atoms with Crippen molar-refractivity contribution in [3.63, 3.8) is 0 Å². The SMILES string of the molecule is CCOC(=O)N1CCN(C(=O)C(CCC(=O)O)NC(=O)c2cc(N[C@@H](C)CO)nc(-c3ccccc3)n2)CC1. The minimum atomic E-state index is -1.12. The maximum Gasteiger partial charge on any atom is 0.409 e. The highest BCUT2D eigenvalue weighted by atomic mass is 16.6. The first-order chi connectivity index (χ1) is 18.7. The number of nitrogens with one attached hydrogen (secondary N) is 2. The van der Waals surface area contributed by atoms with E-state index >= 15 is 0 Å². The molecule has 0 spiro atoms. The largest absolute Gasteiger partial charge is 0.481 e. The minimum absolute atomic E-state index is 0.0308. The van der Waals surface area contributed by atoms with Crippen LogP contribution in [-0.4, -0.2) is 105 Å². The van der Waals surface area contributed by atoms with Crippen LogP contribution in [0.3, 0.4) is 0 Å². The van der Waals surface area contributed by atoms with Gasteiger partial charge in [0.25, 0.3) is 5.91 Å². The Hall–Kier alpha value is -4.26. The Morgan fingerprint density at radius 3 is 2.33 bits per heavy atom. The Morgan fingerprint density at radius 2 is 1.72 bits per heavy atom. The molecule has 210 valence electrons. The molecule has 1 aromatic carbocycles. The number of carboxylic acid groups (broad SMARTS) is 1. The molecule has 2 atom stereocenters. The summed E-state index contributed by atoms with van der Waals surface area (Å²) < 4.78 is 5.00. The van der Waals surface area contributed by atoms with Crippen LogP contribution < -0.4 is 10.6 Å². The molecule has 13 heteroatoms. The molecule has 2 aromatic rings. The molecule has 4 N–H and O–H groups in total. The summed E-state index contributed by atoms with van der Waals surface area (Å²) in [5.41, 5.74) is 0.626. The second-order valence-electron chi connectivity index (χ2n) is 9.03. The molecule has 3 rings (SSSR count). The normalized spacial score (nSPS) is 14.7. The van der Waals surface area contributed by atoms with Crippen LogP contribution in [0.2, 0.25) is 0 Å². The van der Waals surface area contributed by atoms with Gasteiger partial charge in [-0.25, -0.2) is 14.8 Å². The molecular formula is C26H34N6O7. The number of carboxylic acids is 1. The van der Waals surface area contributed by atoms with Crippen LogP contribution in [0.4, 0.5) is 10.6 Å². The molecule has 1 aromatic heterocycles. The Bertz CT molecular complexity index is 1150. The van der Waals surface area contributed by atoms with Crippen molar-refractivity contribution in [2.24, 2.45) is 0 Å². The highest BCUT2D eigenvalue weighted by Gasteiger charge is 2.31. The molecule has 1 unspecified atom stereocenters. The molecule has 0 saturated carbocycles. The van der Waals surface area contributed by atoms with Gasteiger partial charge in [0, 0.05) is 50.3 Å². The first-order valence-corrected chi connectivity index (χ1v) is 12.8. The summed E-state index contributed by atoms with van der Waals surface area (Å²) in [5, 5.41) is 24.3. The Balaban J connectivity index is 1.81. The number of aliphatic hydroxyl groups is 1. The molecule has 0 aliphatic carbocycles. The third kappa shape index (κ3) is 8.37. The summed E-state index contributed by atoms with van der Waals surface area (Å²) in [6.45, 7) is 4.48. The maximum atomic E-state index is 13.3. The first kappa shape index (κ1) is 29.3. The molecule has 1 saturated heterocycles. The number of nitrogens with zero attached hydrogens (tertiary/aromatic N) is 4. The van der Waals surface area contributed by atoms with Crippen molar-refractivity contribution in [3.05, 3.63) is 42.1 Å². The van der Waals surface area contributed by atoms with Crippen molar-refractivity contribution in [2.45, 2.75) is 38.8 Å². The van der Waals surface area contributed by atoms with E-state index in [4.69, 9.17) is 4.74 Å². The number of carbonyl (C=O) groups excluding carboxylic acids is 3. The van der Waals surface area contributed by atoms with Crippen molar-refractivity contribution in [3.8, 4) is 11.4 Å². The monoisotopic (exact) mass is 542 g/mol. The predicted molar refractivity (Wildman–Crippen MR) is 141 cm³/mol. The van der Waals surface area contributed by atoms with Gasteiger partial charge in [-0.05, 0) is 20.3 Å². The van der Waals surface area contributed by atoms with Gasteiger partial charge in [0.2, 0.25) is 5.91 Å². The fourth-order valence-electron chi connectivity index (χ4n) is 3.95. The number of rotatable bonds is 11. The van der Waals surface area contributed by atoms with Crippen LogP contribution in [0.5, 0.6) is 0 Å². The van der Waals surface area contributed by atoms with Gasteiger partial charge < -0.3 is 35.4 Å². The highest BCUT2D eigenvalue weighted by Crippen LogP contribution is 2.19. The zero-order valence-corrected chi connectivity index (χ0v) is 22.0. The van der Waals surface area contributed by atoms with E-state index in [1.54, 1.807) is 38.1 Å². The third-order valence-corrected chi connectivity index (χ3v) is 6.03. The number of hydrogen-bond acceptors (Lipinski definition) is 9. The van der Waals surface area contributed by atoms with E-state index in [1.165, 1.54) is 15.9 Å². The maximum absolute atomic E-state index is 13.3. The van der Waals surface area contributed by atoms with E-state index in [0.29, 0.717) is 11.4 Å². The number of aliphatic carboxylic acids is 1. The summed E-state index contributed by atoms with van der Waals surface area (Å²) in [6.07, 6.45) is -0.918. The zero-order chi connectivity index (χ0) is 28.4. The molecule has 0 radical (unpaired) electrons. The summed E-state index contributed by atoms with van der Waals surface area (Å²) in [5.74, 6) is -1.66. The summed E-state index contributed by atoms with van der Waals surface area (Å²) in [7, 11) is 0. The lowest BCUT2D eigenvalue weighted by atomic mass is 10.1. The van der Waals surface area contributed by atoms with E-state index in [1.807, 2.05) is 6.07 Å².